The summed E-state index contributed by atoms with van der Waals surface area (Å²) in [6.07, 6.45) is 2.89. The standard InChI is InChI=1S/C22H20N2O2/c1-11-3-4-18-16(7-11)22(20(26)23-18)10-17(22)13-9-14-15(8-12(13)2)21(5-6-21)24-19(14)25/h3-4,7-9,17H,5-6,10H2,1-2H3,(H,23,26)(H,24,25). The van der Waals surface area contributed by atoms with Gasteiger partial charge in [-0.3, -0.25) is 9.59 Å². The van der Waals surface area contributed by atoms with Gasteiger partial charge in [-0.1, -0.05) is 23.8 Å². The van der Waals surface area contributed by atoms with Gasteiger partial charge in [-0.05, 0) is 67.5 Å². The van der Waals surface area contributed by atoms with Crippen molar-refractivity contribution in [3.05, 3.63) is 63.7 Å². The number of rotatable bonds is 1. The van der Waals surface area contributed by atoms with E-state index < -0.39 is 5.41 Å². The van der Waals surface area contributed by atoms with Gasteiger partial charge >= 0.3 is 0 Å². The number of carbonyl (C=O) groups excluding carboxylic acids is 2. The highest BCUT2D eigenvalue weighted by atomic mass is 16.2. The number of amides is 2. The van der Waals surface area contributed by atoms with E-state index in [2.05, 4.69) is 42.7 Å². The summed E-state index contributed by atoms with van der Waals surface area (Å²) in [7, 11) is 0. The fraction of sp³-hybridized carbons (Fsp3) is 0.364. The molecular weight excluding hydrogens is 324 g/mol. The highest BCUT2D eigenvalue weighted by Crippen LogP contribution is 2.66. The van der Waals surface area contributed by atoms with Crippen LogP contribution in [0.5, 0.6) is 0 Å². The molecule has 0 bridgehead atoms. The third-order valence-electron chi connectivity index (χ3n) is 6.91. The predicted molar refractivity (Wildman–Crippen MR) is 98.4 cm³/mol. The van der Waals surface area contributed by atoms with E-state index in [1.54, 1.807) is 0 Å². The van der Waals surface area contributed by atoms with Crippen LogP contribution in [0, 0.1) is 13.8 Å². The molecule has 4 heteroatoms. The Morgan fingerprint density at radius 3 is 2.62 bits per heavy atom. The van der Waals surface area contributed by atoms with Gasteiger partial charge in [0.05, 0.1) is 11.0 Å². The van der Waals surface area contributed by atoms with Crippen molar-refractivity contribution in [2.24, 2.45) is 0 Å². The first-order valence-electron chi connectivity index (χ1n) is 9.35. The Bertz CT molecular complexity index is 1050. The molecule has 4 aliphatic rings. The van der Waals surface area contributed by atoms with Crippen LogP contribution in [0.3, 0.4) is 0 Å². The second-order valence-electron chi connectivity index (χ2n) is 8.52. The second-order valence-corrected chi connectivity index (χ2v) is 8.52. The number of nitrogens with one attached hydrogen (secondary N) is 2. The van der Waals surface area contributed by atoms with Gasteiger partial charge in [-0.2, -0.15) is 0 Å². The molecule has 2 aliphatic heterocycles. The van der Waals surface area contributed by atoms with Crippen molar-refractivity contribution in [2.45, 2.75) is 50.0 Å². The van der Waals surface area contributed by atoms with Gasteiger partial charge in [-0.15, -0.1) is 0 Å². The van der Waals surface area contributed by atoms with Crippen LogP contribution < -0.4 is 10.6 Å². The van der Waals surface area contributed by atoms with Gasteiger partial charge in [0.15, 0.2) is 0 Å². The summed E-state index contributed by atoms with van der Waals surface area (Å²) in [5.41, 5.74) is 7.01. The first-order chi connectivity index (χ1) is 12.4. The predicted octanol–water partition coefficient (Wildman–Crippen LogP) is 3.41. The minimum Gasteiger partial charge on any atom is -0.342 e. The van der Waals surface area contributed by atoms with Crippen LogP contribution in [0.15, 0.2) is 30.3 Å². The number of fused-ring (bicyclic) bond motifs is 4. The van der Waals surface area contributed by atoms with Crippen molar-refractivity contribution in [1.82, 2.24) is 5.32 Å². The third kappa shape index (κ3) is 1.56. The topological polar surface area (TPSA) is 58.2 Å². The van der Waals surface area contributed by atoms with E-state index in [0.29, 0.717) is 0 Å². The molecule has 2 aliphatic carbocycles. The average Bonchev–Trinajstić information content (AvgIpc) is 3.48. The fourth-order valence-electron chi connectivity index (χ4n) is 5.23. The lowest BCUT2D eigenvalue weighted by molar-refractivity contribution is -0.118. The van der Waals surface area contributed by atoms with Gasteiger partial charge in [0, 0.05) is 17.2 Å². The number of carbonyl (C=O) groups is 2. The van der Waals surface area contributed by atoms with Gasteiger partial charge in [0.1, 0.15) is 0 Å². The summed E-state index contributed by atoms with van der Waals surface area (Å²) >= 11 is 0. The maximum atomic E-state index is 12.8. The lowest BCUT2D eigenvalue weighted by atomic mass is 9.87. The Labute approximate surface area is 152 Å². The van der Waals surface area contributed by atoms with E-state index in [1.165, 1.54) is 11.1 Å². The maximum Gasteiger partial charge on any atom is 0.252 e. The normalized spacial score (nSPS) is 28.8. The van der Waals surface area contributed by atoms with E-state index >= 15 is 0 Å². The first-order valence-corrected chi connectivity index (χ1v) is 9.35. The quantitative estimate of drug-likeness (QED) is 0.833. The van der Waals surface area contributed by atoms with Crippen molar-refractivity contribution in [3.63, 3.8) is 0 Å². The molecule has 0 aromatic heterocycles. The second kappa shape index (κ2) is 4.20. The van der Waals surface area contributed by atoms with Crippen LogP contribution in [0.4, 0.5) is 5.69 Å². The Kier molecular flexibility index (Phi) is 2.35. The van der Waals surface area contributed by atoms with Crippen LogP contribution in [-0.4, -0.2) is 11.8 Å². The summed E-state index contributed by atoms with van der Waals surface area (Å²) < 4.78 is 0. The van der Waals surface area contributed by atoms with Crippen molar-refractivity contribution in [1.29, 1.82) is 0 Å². The van der Waals surface area contributed by atoms with Crippen LogP contribution >= 0.6 is 0 Å². The molecule has 2 fully saturated rings. The molecule has 130 valence electrons. The highest BCUT2D eigenvalue weighted by molar-refractivity contribution is 6.10. The molecule has 0 saturated heterocycles. The monoisotopic (exact) mass is 344 g/mol. The highest BCUT2D eigenvalue weighted by Gasteiger charge is 2.65. The minimum absolute atomic E-state index is 0.0422. The van der Waals surface area contributed by atoms with Gasteiger partial charge < -0.3 is 10.6 Å². The Hall–Kier alpha value is -2.62. The van der Waals surface area contributed by atoms with Gasteiger partial charge in [0.2, 0.25) is 5.91 Å². The van der Waals surface area contributed by atoms with E-state index in [4.69, 9.17) is 0 Å². The van der Waals surface area contributed by atoms with Gasteiger partial charge in [0.25, 0.3) is 5.91 Å². The van der Waals surface area contributed by atoms with Crippen LogP contribution in [0.1, 0.15) is 63.4 Å². The average molecular weight is 344 g/mol. The molecule has 2 unspecified atom stereocenters. The number of anilines is 1. The number of benzene rings is 2. The van der Waals surface area contributed by atoms with E-state index in [-0.39, 0.29) is 23.3 Å². The zero-order valence-electron chi connectivity index (χ0n) is 14.9. The zero-order chi connectivity index (χ0) is 17.8. The number of aryl methyl sites for hydroxylation is 2. The molecule has 6 rings (SSSR count). The first kappa shape index (κ1) is 14.5. The van der Waals surface area contributed by atoms with Crippen molar-refractivity contribution in [2.75, 3.05) is 5.32 Å². The number of hydrogen-bond acceptors (Lipinski definition) is 2. The van der Waals surface area contributed by atoms with Gasteiger partial charge in [-0.25, -0.2) is 0 Å². The molecule has 0 radical (unpaired) electrons. The maximum absolute atomic E-state index is 12.8. The van der Waals surface area contributed by atoms with E-state index in [1.807, 2.05) is 12.1 Å². The van der Waals surface area contributed by atoms with Crippen molar-refractivity contribution < 1.29 is 9.59 Å². The van der Waals surface area contributed by atoms with E-state index in [0.717, 1.165) is 47.2 Å². The molecular formula is C22H20N2O2. The summed E-state index contributed by atoms with van der Waals surface area (Å²) in [5, 5.41) is 6.22. The molecule has 2 aromatic carbocycles. The summed E-state index contributed by atoms with van der Waals surface area (Å²) in [4.78, 5) is 25.3. The molecule has 2 heterocycles. The zero-order valence-corrected chi connectivity index (χ0v) is 14.9. The summed E-state index contributed by atoms with van der Waals surface area (Å²) in [6.45, 7) is 4.18. The molecule has 4 nitrogen and oxygen atoms in total. The van der Waals surface area contributed by atoms with Crippen molar-refractivity contribution >= 4 is 17.5 Å². The lowest BCUT2D eigenvalue weighted by Crippen LogP contribution is -2.25. The molecule has 2 saturated carbocycles. The third-order valence-corrected chi connectivity index (χ3v) is 6.91. The summed E-state index contributed by atoms with van der Waals surface area (Å²) in [5.74, 6) is 0.297. The molecule has 2 aromatic rings. The SMILES string of the molecule is Cc1ccc2c(c1)C1(CC1c1cc3c(cc1C)C1(CC1)NC3=O)C(=O)N2. The fourth-order valence-corrected chi connectivity index (χ4v) is 5.23. The van der Waals surface area contributed by atoms with Crippen molar-refractivity contribution in [3.8, 4) is 0 Å². The lowest BCUT2D eigenvalue weighted by Gasteiger charge is -2.14. The Morgan fingerprint density at radius 2 is 1.85 bits per heavy atom. The smallest absolute Gasteiger partial charge is 0.252 e. The Balaban J connectivity index is 1.48. The molecule has 2 spiro atoms. The van der Waals surface area contributed by atoms with Crippen LogP contribution in [0.2, 0.25) is 0 Å². The molecule has 2 amide bonds. The number of hydrogen-bond donors (Lipinski definition) is 2. The minimum atomic E-state index is -0.452. The molecule has 2 atom stereocenters. The van der Waals surface area contributed by atoms with E-state index in [9.17, 15) is 9.59 Å². The Morgan fingerprint density at radius 1 is 1.04 bits per heavy atom. The van der Waals surface area contributed by atoms with Crippen LogP contribution in [-0.2, 0) is 15.7 Å². The summed E-state index contributed by atoms with van der Waals surface area (Å²) in [6, 6.07) is 10.4. The largest absolute Gasteiger partial charge is 0.342 e. The molecule has 26 heavy (non-hydrogen) atoms. The molecule has 2 N–H and O–H groups in total. The van der Waals surface area contributed by atoms with Crippen LogP contribution in [0.25, 0.3) is 0 Å².